The molecule has 80 valence electrons. The molecule has 2 nitrogen and oxygen atoms in total. The van der Waals surface area contributed by atoms with Gasteiger partial charge >= 0.3 is 5.97 Å². The number of halogens is 2. The Bertz CT molecular complexity index is 241. The first kappa shape index (κ1) is 10.2. The van der Waals surface area contributed by atoms with E-state index in [-0.39, 0.29) is 12.8 Å². The van der Waals surface area contributed by atoms with Crippen LogP contribution in [0.25, 0.3) is 0 Å². The molecule has 1 N–H and O–H groups in total. The lowest BCUT2D eigenvalue weighted by atomic mass is 9.73. The molecule has 0 amide bonds. The summed E-state index contributed by atoms with van der Waals surface area (Å²) in [4.78, 5) is 10.7. The van der Waals surface area contributed by atoms with E-state index >= 15 is 0 Å². The SMILES string of the molecule is O=C(O)C1CC2CSCC(C1)C2(F)F. The zero-order chi connectivity index (χ0) is 10.3. The van der Waals surface area contributed by atoms with Crippen LogP contribution in [0.15, 0.2) is 0 Å². The van der Waals surface area contributed by atoms with Gasteiger partial charge in [-0.3, -0.25) is 4.79 Å². The Balaban J connectivity index is 2.16. The summed E-state index contributed by atoms with van der Waals surface area (Å²) >= 11 is 1.53. The second kappa shape index (κ2) is 3.36. The van der Waals surface area contributed by atoms with Crippen molar-refractivity contribution in [3.05, 3.63) is 0 Å². The molecule has 1 heterocycles. The van der Waals surface area contributed by atoms with Crippen molar-refractivity contribution in [3.63, 3.8) is 0 Å². The average molecular weight is 222 g/mol. The van der Waals surface area contributed by atoms with E-state index in [1.165, 1.54) is 11.8 Å². The van der Waals surface area contributed by atoms with Gasteiger partial charge in [0.1, 0.15) is 0 Å². The highest BCUT2D eigenvalue weighted by molar-refractivity contribution is 7.99. The fraction of sp³-hybridized carbons (Fsp3) is 0.889. The van der Waals surface area contributed by atoms with Gasteiger partial charge in [0, 0.05) is 23.3 Å². The van der Waals surface area contributed by atoms with Crippen molar-refractivity contribution in [2.24, 2.45) is 17.8 Å². The van der Waals surface area contributed by atoms with Crippen LogP contribution in [0, 0.1) is 17.8 Å². The van der Waals surface area contributed by atoms with Crippen LogP contribution in [0.4, 0.5) is 8.78 Å². The lowest BCUT2D eigenvalue weighted by Gasteiger charge is -2.43. The monoisotopic (exact) mass is 222 g/mol. The van der Waals surface area contributed by atoms with E-state index in [4.69, 9.17) is 5.11 Å². The molecular formula is C9H12F2O2S. The summed E-state index contributed by atoms with van der Waals surface area (Å²) in [7, 11) is 0. The summed E-state index contributed by atoms with van der Waals surface area (Å²) in [5.74, 6) is -4.72. The number of aliphatic carboxylic acids is 1. The molecule has 0 aromatic carbocycles. The van der Waals surface area contributed by atoms with Crippen LogP contribution in [0.5, 0.6) is 0 Å². The molecule has 0 spiro atoms. The Kier molecular flexibility index (Phi) is 2.45. The van der Waals surface area contributed by atoms with Gasteiger partial charge in [0.2, 0.25) is 0 Å². The Morgan fingerprint density at radius 1 is 1.29 bits per heavy atom. The van der Waals surface area contributed by atoms with Gasteiger partial charge in [-0.15, -0.1) is 0 Å². The molecule has 2 aliphatic rings. The molecule has 1 saturated carbocycles. The van der Waals surface area contributed by atoms with E-state index in [2.05, 4.69) is 0 Å². The van der Waals surface area contributed by atoms with Crippen molar-refractivity contribution in [2.75, 3.05) is 11.5 Å². The van der Waals surface area contributed by atoms with Crippen LogP contribution in [0.3, 0.4) is 0 Å². The topological polar surface area (TPSA) is 37.3 Å². The van der Waals surface area contributed by atoms with Gasteiger partial charge in [-0.05, 0) is 12.8 Å². The Morgan fingerprint density at radius 3 is 2.21 bits per heavy atom. The van der Waals surface area contributed by atoms with Crippen LogP contribution in [0.2, 0.25) is 0 Å². The summed E-state index contributed by atoms with van der Waals surface area (Å²) in [6.07, 6.45) is 0.289. The second-order valence-corrected chi connectivity index (χ2v) is 5.19. The fourth-order valence-electron chi connectivity index (χ4n) is 2.34. The zero-order valence-corrected chi connectivity index (χ0v) is 8.40. The standard InChI is InChI=1S/C9H12F2O2S/c10-9(11)6-1-5(8(12)13)2-7(9)4-14-3-6/h5-7H,1-4H2,(H,12,13). The number of hydrogen-bond donors (Lipinski definition) is 1. The maximum absolute atomic E-state index is 13.5. The smallest absolute Gasteiger partial charge is 0.306 e. The number of thioether (sulfide) groups is 1. The molecule has 2 unspecified atom stereocenters. The molecule has 0 aromatic rings. The highest BCUT2D eigenvalue weighted by Crippen LogP contribution is 2.50. The summed E-state index contributed by atoms with van der Waals surface area (Å²) < 4.78 is 27.1. The quantitative estimate of drug-likeness (QED) is 0.738. The second-order valence-electron chi connectivity index (χ2n) is 4.11. The van der Waals surface area contributed by atoms with Crippen LogP contribution in [-0.4, -0.2) is 28.5 Å². The van der Waals surface area contributed by atoms with E-state index in [9.17, 15) is 13.6 Å². The molecule has 5 heteroatoms. The predicted octanol–water partition coefficient (Wildman–Crippen LogP) is 2.10. The third kappa shape index (κ3) is 1.51. The molecule has 0 aromatic heterocycles. The van der Waals surface area contributed by atoms with E-state index in [0.717, 1.165) is 0 Å². The minimum Gasteiger partial charge on any atom is -0.481 e. The van der Waals surface area contributed by atoms with Gasteiger partial charge in [-0.1, -0.05) is 0 Å². The number of hydrogen-bond acceptors (Lipinski definition) is 2. The lowest BCUT2D eigenvalue weighted by molar-refractivity contribution is -0.159. The van der Waals surface area contributed by atoms with Gasteiger partial charge < -0.3 is 5.11 Å². The Morgan fingerprint density at radius 2 is 1.79 bits per heavy atom. The van der Waals surface area contributed by atoms with E-state index in [1.54, 1.807) is 0 Å². The van der Waals surface area contributed by atoms with E-state index in [1.807, 2.05) is 0 Å². The molecule has 0 radical (unpaired) electrons. The Hall–Kier alpha value is -0.320. The van der Waals surface area contributed by atoms with Crippen molar-refractivity contribution < 1.29 is 18.7 Å². The van der Waals surface area contributed by atoms with Crippen molar-refractivity contribution in [1.29, 1.82) is 0 Å². The highest BCUT2D eigenvalue weighted by Gasteiger charge is 2.55. The molecule has 2 fully saturated rings. The summed E-state index contributed by atoms with van der Waals surface area (Å²) in [5, 5.41) is 8.81. The zero-order valence-electron chi connectivity index (χ0n) is 7.58. The number of alkyl halides is 2. The van der Waals surface area contributed by atoms with Crippen molar-refractivity contribution in [2.45, 2.75) is 18.8 Å². The van der Waals surface area contributed by atoms with E-state index < -0.39 is 29.6 Å². The highest BCUT2D eigenvalue weighted by atomic mass is 32.2. The molecule has 1 aliphatic heterocycles. The number of fused-ring (bicyclic) bond motifs is 2. The minimum atomic E-state index is -2.63. The molecule has 2 bridgehead atoms. The normalized spacial score (nSPS) is 40.6. The number of carboxylic acid groups (broad SMARTS) is 1. The van der Waals surface area contributed by atoms with Crippen molar-refractivity contribution in [3.8, 4) is 0 Å². The first-order valence-corrected chi connectivity index (χ1v) is 5.85. The molecular weight excluding hydrogens is 210 g/mol. The number of carboxylic acids is 1. The molecule has 2 rings (SSSR count). The fourth-order valence-corrected chi connectivity index (χ4v) is 3.76. The average Bonchev–Trinajstić information content (AvgIpc) is 2.00. The van der Waals surface area contributed by atoms with E-state index in [0.29, 0.717) is 11.5 Å². The molecule has 14 heavy (non-hydrogen) atoms. The lowest BCUT2D eigenvalue weighted by Crippen LogP contribution is -2.49. The predicted molar refractivity (Wildman–Crippen MR) is 49.6 cm³/mol. The third-order valence-electron chi connectivity index (χ3n) is 3.21. The van der Waals surface area contributed by atoms with Crippen LogP contribution < -0.4 is 0 Å². The van der Waals surface area contributed by atoms with Crippen LogP contribution in [-0.2, 0) is 4.79 Å². The molecule has 1 saturated heterocycles. The maximum Gasteiger partial charge on any atom is 0.306 e. The summed E-state index contributed by atoms with van der Waals surface area (Å²) in [6.45, 7) is 0. The van der Waals surface area contributed by atoms with Gasteiger partial charge in [-0.25, -0.2) is 8.78 Å². The van der Waals surface area contributed by atoms with Crippen molar-refractivity contribution in [1.82, 2.24) is 0 Å². The largest absolute Gasteiger partial charge is 0.481 e. The van der Waals surface area contributed by atoms with Crippen molar-refractivity contribution >= 4 is 17.7 Å². The number of rotatable bonds is 1. The number of carbonyl (C=O) groups is 1. The van der Waals surface area contributed by atoms with Gasteiger partial charge in [0.15, 0.2) is 0 Å². The summed E-state index contributed by atoms with van der Waals surface area (Å²) in [6, 6.07) is 0. The van der Waals surface area contributed by atoms with Gasteiger partial charge in [0.25, 0.3) is 5.92 Å². The first-order chi connectivity index (χ1) is 6.51. The molecule has 2 atom stereocenters. The van der Waals surface area contributed by atoms with Gasteiger partial charge in [0.05, 0.1) is 5.92 Å². The summed E-state index contributed by atoms with van der Waals surface area (Å²) in [5.41, 5.74) is 0. The first-order valence-electron chi connectivity index (χ1n) is 4.70. The maximum atomic E-state index is 13.5. The van der Waals surface area contributed by atoms with Crippen LogP contribution >= 0.6 is 11.8 Å². The minimum absolute atomic E-state index is 0.145. The van der Waals surface area contributed by atoms with Gasteiger partial charge in [-0.2, -0.15) is 11.8 Å². The van der Waals surface area contributed by atoms with Crippen LogP contribution in [0.1, 0.15) is 12.8 Å². The molecule has 1 aliphatic carbocycles. The third-order valence-corrected chi connectivity index (χ3v) is 4.49. The Labute approximate surface area is 85.1 Å².